The second-order valence-electron chi connectivity index (χ2n) is 6.76. The van der Waals surface area contributed by atoms with Crippen molar-refractivity contribution in [2.24, 2.45) is 17.8 Å². The molecular weight excluding hydrogens is 286 g/mol. The molecule has 0 unspecified atom stereocenters. The summed E-state index contributed by atoms with van der Waals surface area (Å²) in [6.07, 6.45) is 7.55. The van der Waals surface area contributed by atoms with Crippen LogP contribution < -0.4 is 0 Å². The Hall–Kier alpha value is -2.10. The molecule has 1 N–H and O–H groups in total. The molecule has 4 rings (SSSR count). The third-order valence-electron chi connectivity index (χ3n) is 5.35. The summed E-state index contributed by atoms with van der Waals surface area (Å²) >= 11 is 0. The molecule has 1 aromatic heterocycles. The number of hydrogen-bond donors (Lipinski definition) is 1. The van der Waals surface area contributed by atoms with Gasteiger partial charge in [-0.15, -0.1) is 0 Å². The highest BCUT2D eigenvalue weighted by Gasteiger charge is 2.41. The largest absolute Gasteiger partial charge is 0.342 e. The first-order valence-electron chi connectivity index (χ1n) is 8.65. The van der Waals surface area contributed by atoms with Crippen LogP contribution in [0.1, 0.15) is 25.6 Å². The van der Waals surface area contributed by atoms with Crippen molar-refractivity contribution in [2.45, 2.75) is 26.2 Å². The molecule has 1 aromatic carbocycles. The molecule has 4 nitrogen and oxygen atoms in total. The summed E-state index contributed by atoms with van der Waals surface area (Å²) in [5.41, 5.74) is 2.06. The number of rotatable bonds is 5. The lowest BCUT2D eigenvalue weighted by Crippen LogP contribution is -2.39. The molecule has 2 aliphatic rings. The molecule has 1 amide bonds. The number of H-pyrrole nitrogens is 1. The lowest BCUT2D eigenvalue weighted by molar-refractivity contribution is -0.136. The Morgan fingerprint density at radius 3 is 2.87 bits per heavy atom. The highest BCUT2D eigenvalue weighted by molar-refractivity contribution is 5.80. The Morgan fingerprint density at radius 2 is 2.17 bits per heavy atom. The number of amides is 1. The minimum absolute atomic E-state index is 0.209. The van der Waals surface area contributed by atoms with Gasteiger partial charge in [-0.05, 0) is 43.7 Å². The number of nitrogens with one attached hydrogen (secondary N) is 1. The van der Waals surface area contributed by atoms with Crippen LogP contribution in [0.25, 0.3) is 11.0 Å². The van der Waals surface area contributed by atoms with E-state index in [2.05, 4.69) is 29.0 Å². The number of hydrogen-bond acceptors (Lipinski definition) is 2. The lowest BCUT2D eigenvalue weighted by atomic mass is 9.92. The van der Waals surface area contributed by atoms with Gasteiger partial charge in [0.05, 0.1) is 11.0 Å². The Balaban J connectivity index is 1.41. The lowest BCUT2D eigenvalue weighted by Gasteiger charge is -2.27. The van der Waals surface area contributed by atoms with Crippen LogP contribution in [0.2, 0.25) is 0 Å². The predicted octanol–water partition coefficient (Wildman–Crippen LogP) is 3.17. The van der Waals surface area contributed by atoms with Gasteiger partial charge in [0.15, 0.2) is 0 Å². The van der Waals surface area contributed by atoms with Crippen LogP contribution in [0.3, 0.4) is 0 Å². The van der Waals surface area contributed by atoms with Crippen LogP contribution in [0.15, 0.2) is 36.4 Å². The van der Waals surface area contributed by atoms with Gasteiger partial charge < -0.3 is 9.88 Å². The SMILES string of the molecule is CCN(CCc1nc2ccccc2[nH]1)C(=O)[C@@H]1C[C@@H]2C=C[C@H]1C2. The van der Waals surface area contributed by atoms with Crippen LogP contribution in [-0.2, 0) is 11.2 Å². The Kier molecular flexibility index (Phi) is 3.68. The van der Waals surface area contributed by atoms with Gasteiger partial charge in [0.2, 0.25) is 5.91 Å². The fourth-order valence-corrected chi connectivity index (χ4v) is 4.09. The zero-order valence-electron chi connectivity index (χ0n) is 13.5. The maximum Gasteiger partial charge on any atom is 0.226 e. The Bertz CT molecular complexity index is 715. The van der Waals surface area contributed by atoms with Crippen molar-refractivity contribution in [1.29, 1.82) is 0 Å². The van der Waals surface area contributed by atoms with Gasteiger partial charge in [-0.25, -0.2) is 4.98 Å². The first-order chi connectivity index (χ1) is 11.2. The zero-order valence-corrected chi connectivity index (χ0v) is 13.5. The summed E-state index contributed by atoms with van der Waals surface area (Å²) < 4.78 is 0. The molecule has 1 fully saturated rings. The van der Waals surface area contributed by atoms with Gasteiger partial charge in [0, 0.05) is 25.4 Å². The highest BCUT2D eigenvalue weighted by Crippen LogP contribution is 2.44. The number of imidazole rings is 1. The van der Waals surface area contributed by atoms with E-state index in [0.29, 0.717) is 17.7 Å². The number of nitrogens with zero attached hydrogens (tertiary/aromatic N) is 2. The molecule has 0 aliphatic heterocycles. The molecule has 2 bridgehead atoms. The monoisotopic (exact) mass is 309 g/mol. The third-order valence-corrected chi connectivity index (χ3v) is 5.35. The van der Waals surface area contributed by atoms with Crippen LogP contribution in [0.4, 0.5) is 0 Å². The smallest absolute Gasteiger partial charge is 0.226 e. The normalized spacial score (nSPS) is 25.3. The van der Waals surface area contributed by atoms with Crippen molar-refractivity contribution < 1.29 is 4.79 Å². The molecule has 1 heterocycles. The van der Waals surface area contributed by atoms with Gasteiger partial charge in [0.1, 0.15) is 5.82 Å². The zero-order chi connectivity index (χ0) is 15.8. The van der Waals surface area contributed by atoms with Crippen molar-refractivity contribution >= 4 is 16.9 Å². The topological polar surface area (TPSA) is 49.0 Å². The summed E-state index contributed by atoms with van der Waals surface area (Å²) in [6, 6.07) is 8.06. The van der Waals surface area contributed by atoms with E-state index < -0.39 is 0 Å². The predicted molar refractivity (Wildman–Crippen MR) is 90.9 cm³/mol. The van der Waals surface area contributed by atoms with E-state index in [1.165, 1.54) is 6.42 Å². The average Bonchev–Trinajstić information content (AvgIpc) is 3.29. The standard InChI is InChI=1S/C19H23N3O/c1-2-22(19(23)15-12-13-7-8-14(15)11-13)10-9-18-20-16-5-3-4-6-17(16)21-18/h3-8,13-15H,2,9-12H2,1H3,(H,20,21)/t13-,14+,15-/m1/s1. The molecule has 0 radical (unpaired) electrons. The first kappa shape index (κ1) is 14.5. The minimum Gasteiger partial charge on any atom is -0.342 e. The molecule has 3 atom stereocenters. The number of allylic oxidation sites excluding steroid dienone is 2. The summed E-state index contributed by atoms with van der Waals surface area (Å²) in [5, 5.41) is 0. The van der Waals surface area contributed by atoms with E-state index in [-0.39, 0.29) is 5.92 Å². The number of carbonyl (C=O) groups is 1. The second kappa shape index (κ2) is 5.84. The van der Waals surface area contributed by atoms with Crippen molar-refractivity contribution in [3.8, 4) is 0 Å². The van der Waals surface area contributed by atoms with E-state index >= 15 is 0 Å². The average molecular weight is 309 g/mol. The number of aromatic amines is 1. The van der Waals surface area contributed by atoms with Crippen molar-refractivity contribution in [3.63, 3.8) is 0 Å². The molecule has 120 valence electrons. The second-order valence-corrected chi connectivity index (χ2v) is 6.76. The van der Waals surface area contributed by atoms with Crippen molar-refractivity contribution in [3.05, 3.63) is 42.2 Å². The van der Waals surface area contributed by atoms with Crippen LogP contribution in [0.5, 0.6) is 0 Å². The minimum atomic E-state index is 0.209. The van der Waals surface area contributed by atoms with Crippen LogP contribution >= 0.6 is 0 Å². The molecule has 0 spiro atoms. The van der Waals surface area contributed by atoms with Crippen LogP contribution in [0, 0.1) is 17.8 Å². The number of benzene rings is 1. The fraction of sp³-hybridized carbons (Fsp3) is 0.474. The molecule has 2 aliphatic carbocycles. The van der Waals surface area contributed by atoms with E-state index in [1.807, 2.05) is 29.2 Å². The molecule has 4 heteroatoms. The number of para-hydroxylation sites is 2. The van der Waals surface area contributed by atoms with E-state index in [9.17, 15) is 4.79 Å². The van der Waals surface area contributed by atoms with Gasteiger partial charge in [-0.1, -0.05) is 24.3 Å². The Labute approximate surface area is 136 Å². The molecule has 23 heavy (non-hydrogen) atoms. The third kappa shape index (κ3) is 2.67. The van der Waals surface area contributed by atoms with Crippen molar-refractivity contribution in [2.75, 3.05) is 13.1 Å². The van der Waals surface area contributed by atoms with Crippen molar-refractivity contribution in [1.82, 2.24) is 14.9 Å². The van der Waals surface area contributed by atoms with Crippen LogP contribution in [-0.4, -0.2) is 33.9 Å². The van der Waals surface area contributed by atoms with Gasteiger partial charge in [0.25, 0.3) is 0 Å². The molecular formula is C19H23N3O. The number of aromatic nitrogens is 2. The quantitative estimate of drug-likeness (QED) is 0.863. The highest BCUT2D eigenvalue weighted by atomic mass is 16.2. The molecule has 1 saturated carbocycles. The maximum absolute atomic E-state index is 12.8. The van der Waals surface area contributed by atoms with E-state index in [0.717, 1.165) is 42.8 Å². The van der Waals surface area contributed by atoms with Gasteiger partial charge in [-0.3, -0.25) is 4.79 Å². The Morgan fingerprint density at radius 1 is 1.30 bits per heavy atom. The van der Waals surface area contributed by atoms with Gasteiger partial charge >= 0.3 is 0 Å². The number of fused-ring (bicyclic) bond motifs is 3. The molecule has 2 aromatic rings. The first-order valence-corrected chi connectivity index (χ1v) is 8.65. The van der Waals surface area contributed by atoms with E-state index in [1.54, 1.807) is 0 Å². The number of likely N-dealkylation sites (N-methyl/N-ethyl adjacent to an activating group) is 1. The van der Waals surface area contributed by atoms with E-state index in [4.69, 9.17) is 0 Å². The fourth-order valence-electron chi connectivity index (χ4n) is 4.09. The summed E-state index contributed by atoms with van der Waals surface area (Å²) in [5.74, 6) is 2.63. The summed E-state index contributed by atoms with van der Waals surface area (Å²) in [4.78, 5) is 22.8. The summed E-state index contributed by atoms with van der Waals surface area (Å²) in [6.45, 7) is 3.59. The summed E-state index contributed by atoms with van der Waals surface area (Å²) in [7, 11) is 0. The maximum atomic E-state index is 12.8. The molecule has 0 saturated heterocycles. The number of carbonyl (C=O) groups excluding carboxylic acids is 1. The van der Waals surface area contributed by atoms with Gasteiger partial charge in [-0.2, -0.15) is 0 Å².